The molecule has 2 aromatic rings. The topological polar surface area (TPSA) is 27.1 Å². The van der Waals surface area contributed by atoms with E-state index in [4.69, 9.17) is 16.3 Å². The molecule has 0 unspecified atom stereocenters. The Hall–Kier alpha value is -1.48. The molecule has 0 N–H and O–H groups in total. The zero-order valence-electron chi connectivity index (χ0n) is 10.2. The van der Waals surface area contributed by atoms with Crippen LogP contribution in [-0.4, -0.2) is 16.9 Å². The number of hydrogen-bond acceptors (Lipinski definition) is 2. The predicted molar refractivity (Wildman–Crippen MR) is 69.2 cm³/mol. The molecule has 0 radical (unpaired) electrons. The monoisotopic (exact) mass is 250 g/mol. The van der Waals surface area contributed by atoms with Crippen molar-refractivity contribution in [3.8, 4) is 11.4 Å². The van der Waals surface area contributed by atoms with Crippen molar-refractivity contribution in [3.05, 3.63) is 40.7 Å². The van der Waals surface area contributed by atoms with Gasteiger partial charge in [0.2, 0.25) is 0 Å². The number of aromatic nitrogens is 2. The molecule has 0 atom stereocenters. The summed E-state index contributed by atoms with van der Waals surface area (Å²) in [6, 6.07) is 7.70. The first-order valence-corrected chi connectivity index (χ1v) is 5.94. The summed E-state index contributed by atoms with van der Waals surface area (Å²) >= 11 is 6.30. The first-order valence-electron chi connectivity index (χ1n) is 5.56. The van der Waals surface area contributed by atoms with Crippen LogP contribution in [0.3, 0.4) is 0 Å². The van der Waals surface area contributed by atoms with Crippen LogP contribution in [0.1, 0.15) is 18.2 Å². The fraction of sp³-hybridized carbons (Fsp3) is 0.308. The summed E-state index contributed by atoms with van der Waals surface area (Å²) in [6.07, 6.45) is 0.869. The largest absolute Gasteiger partial charge is 0.494 e. The Morgan fingerprint density at radius 1 is 1.35 bits per heavy atom. The van der Waals surface area contributed by atoms with Crippen LogP contribution in [0.25, 0.3) is 5.69 Å². The van der Waals surface area contributed by atoms with Gasteiger partial charge >= 0.3 is 0 Å². The van der Waals surface area contributed by atoms with Crippen molar-refractivity contribution >= 4 is 11.6 Å². The second kappa shape index (κ2) is 4.80. The van der Waals surface area contributed by atoms with E-state index in [1.807, 2.05) is 31.2 Å². The quantitative estimate of drug-likeness (QED) is 0.835. The minimum Gasteiger partial charge on any atom is -0.494 e. The van der Waals surface area contributed by atoms with Crippen molar-refractivity contribution < 1.29 is 4.74 Å². The molecular weight excluding hydrogens is 236 g/mol. The number of para-hydroxylation sites is 2. The average Bonchev–Trinajstić information content (AvgIpc) is 2.66. The van der Waals surface area contributed by atoms with Gasteiger partial charge in [-0.15, -0.1) is 0 Å². The molecule has 3 nitrogen and oxygen atoms in total. The molecule has 0 fully saturated rings. The van der Waals surface area contributed by atoms with Crippen molar-refractivity contribution in [1.82, 2.24) is 9.78 Å². The molecule has 0 aliphatic rings. The summed E-state index contributed by atoms with van der Waals surface area (Å²) in [4.78, 5) is 0. The van der Waals surface area contributed by atoms with Gasteiger partial charge in [0.15, 0.2) is 0 Å². The number of halogens is 1. The zero-order valence-corrected chi connectivity index (χ0v) is 11.0. The van der Waals surface area contributed by atoms with Crippen LogP contribution in [-0.2, 0) is 6.42 Å². The van der Waals surface area contributed by atoms with Gasteiger partial charge in [-0.05, 0) is 25.5 Å². The van der Waals surface area contributed by atoms with Gasteiger partial charge in [0, 0.05) is 5.56 Å². The smallest absolute Gasteiger partial charge is 0.144 e. The van der Waals surface area contributed by atoms with Gasteiger partial charge in [0.25, 0.3) is 0 Å². The van der Waals surface area contributed by atoms with Crippen molar-refractivity contribution in [2.75, 3.05) is 7.11 Å². The van der Waals surface area contributed by atoms with Crippen LogP contribution in [0, 0.1) is 6.92 Å². The van der Waals surface area contributed by atoms with Crippen LogP contribution in [0.15, 0.2) is 24.3 Å². The van der Waals surface area contributed by atoms with Crippen molar-refractivity contribution in [1.29, 1.82) is 0 Å². The van der Waals surface area contributed by atoms with Gasteiger partial charge in [-0.3, -0.25) is 0 Å². The SMILES string of the molecule is CCc1nn(-c2ccccc2OC)c(Cl)c1C. The van der Waals surface area contributed by atoms with Crippen LogP contribution in [0.2, 0.25) is 5.15 Å². The number of rotatable bonds is 3. The molecule has 4 heteroatoms. The molecule has 0 spiro atoms. The summed E-state index contributed by atoms with van der Waals surface area (Å²) in [5, 5.41) is 5.16. The molecule has 1 aromatic carbocycles. The van der Waals surface area contributed by atoms with Crippen LogP contribution >= 0.6 is 11.6 Å². The number of hydrogen-bond donors (Lipinski definition) is 0. The maximum Gasteiger partial charge on any atom is 0.144 e. The summed E-state index contributed by atoms with van der Waals surface area (Å²) in [7, 11) is 1.64. The fourth-order valence-corrected chi connectivity index (χ4v) is 2.06. The van der Waals surface area contributed by atoms with E-state index < -0.39 is 0 Å². The number of benzene rings is 1. The molecular formula is C13H15ClN2O. The lowest BCUT2D eigenvalue weighted by molar-refractivity contribution is 0.411. The minimum absolute atomic E-state index is 0.645. The van der Waals surface area contributed by atoms with Gasteiger partial charge in [-0.1, -0.05) is 30.7 Å². The summed E-state index contributed by atoms with van der Waals surface area (Å²) in [5.41, 5.74) is 2.91. The molecule has 0 aliphatic heterocycles. The average molecular weight is 251 g/mol. The normalized spacial score (nSPS) is 10.6. The lowest BCUT2D eigenvalue weighted by Crippen LogP contribution is -2.00. The second-order valence-corrected chi connectivity index (χ2v) is 4.16. The molecule has 0 bridgehead atoms. The van der Waals surface area contributed by atoms with Gasteiger partial charge in [-0.25, -0.2) is 4.68 Å². The maximum atomic E-state index is 6.30. The Morgan fingerprint density at radius 2 is 2.06 bits per heavy atom. The third-order valence-corrected chi connectivity index (χ3v) is 3.24. The highest BCUT2D eigenvalue weighted by Crippen LogP contribution is 2.28. The number of aryl methyl sites for hydroxylation is 1. The molecule has 0 aliphatic carbocycles. The highest BCUT2D eigenvalue weighted by molar-refractivity contribution is 6.30. The van der Waals surface area contributed by atoms with Crippen molar-refractivity contribution in [3.63, 3.8) is 0 Å². The van der Waals surface area contributed by atoms with E-state index in [1.165, 1.54) is 0 Å². The lowest BCUT2D eigenvalue weighted by atomic mass is 10.2. The van der Waals surface area contributed by atoms with E-state index in [0.717, 1.165) is 29.1 Å². The predicted octanol–water partition coefficient (Wildman–Crippen LogP) is 3.41. The van der Waals surface area contributed by atoms with E-state index in [-0.39, 0.29) is 0 Å². The van der Waals surface area contributed by atoms with Gasteiger partial charge < -0.3 is 4.74 Å². The van der Waals surface area contributed by atoms with E-state index in [9.17, 15) is 0 Å². The van der Waals surface area contributed by atoms with Crippen LogP contribution in [0.4, 0.5) is 0 Å². The number of nitrogens with zero attached hydrogens (tertiary/aromatic N) is 2. The molecule has 90 valence electrons. The Balaban J connectivity index is 2.60. The third kappa shape index (κ3) is 2.03. The summed E-state index contributed by atoms with van der Waals surface area (Å²) < 4.78 is 7.05. The number of methoxy groups -OCH3 is 1. The fourth-order valence-electron chi connectivity index (χ4n) is 1.82. The second-order valence-electron chi connectivity index (χ2n) is 3.80. The Bertz CT molecular complexity index is 534. The first-order chi connectivity index (χ1) is 8.19. The van der Waals surface area contributed by atoms with E-state index in [0.29, 0.717) is 5.15 Å². The standard InChI is InChI=1S/C13H15ClN2O/c1-4-10-9(2)13(14)16(15-10)11-7-5-6-8-12(11)17-3/h5-8H,4H2,1-3H3. The lowest BCUT2D eigenvalue weighted by Gasteiger charge is -2.08. The Kier molecular flexibility index (Phi) is 3.38. The molecule has 2 rings (SSSR count). The highest BCUT2D eigenvalue weighted by Gasteiger charge is 2.14. The summed E-state index contributed by atoms with van der Waals surface area (Å²) in [6.45, 7) is 4.05. The Labute approximate surface area is 106 Å². The highest BCUT2D eigenvalue weighted by atomic mass is 35.5. The van der Waals surface area contributed by atoms with Gasteiger partial charge in [-0.2, -0.15) is 5.10 Å². The molecule has 17 heavy (non-hydrogen) atoms. The van der Waals surface area contributed by atoms with E-state index in [2.05, 4.69) is 12.0 Å². The Morgan fingerprint density at radius 3 is 2.65 bits per heavy atom. The minimum atomic E-state index is 0.645. The molecule has 1 aromatic heterocycles. The van der Waals surface area contributed by atoms with E-state index in [1.54, 1.807) is 11.8 Å². The third-order valence-electron chi connectivity index (χ3n) is 2.80. The van der Waals surface area contributed by atoms with Gasteiger partial charge in [0.05, 0.1) is 12.8 Å². The van der Waals surface area contributed by atoms with E-state index >= 15 is 0 Å². The zero-order chi connectivity index (χ0) is 12.4. The molecule has 0 amide bonds. The molecule has 0 saturated carbocycles. The first kappa shape index (κ1) is 12.0. The van der Waals surface area contributed by atoms with Crippen molar-refractivity contribution in [2.24, 2.45) is 0 Å². The van der Waals surface area contributed by atoms with Crippen molar-refractivity contribution in [2.45, 2.75) is 20.3 Å². The summed E-state index contributed by atoms with van der Waals surface area (Å²) in [5.74, 6) is 0.763. The number of ether oxygens (including phenoxy) is 1. The molecule has 0 saturated heterocycles. The van der Waals surface area contributed by atoms with Crippen LogP contribution < -0.4 is 4.74 Å². The molecule has 1 heterocycles. The van der Waals surface area contributed by atoms with Gasteiger partial charge in [0.1, 0.15) is 16.6 Å². The van der Waals surface area contributed by atoms with Crippen LogP contribution in [0.5, 0.6) is 5.75 Å². The maximum absolute atomic E-state index is 6.30.